The molecule has 0 aromatic heterocycles. The molecule has 0 amide bonds. The summed E-state index contributed by atoms with van der Waals surface area (Å²) in [5, 5.41) is 0. The molecule has 0 heterocycles. The average molecular weight is 184 g/mol. The Kier molecular flexibility index (Phi) is 3.74. The second-order valence-corrected chi connectivity index (χ2v) is 4.97. The Labute approximate surface area is 82.5 Å². The van der Waals surface area contributed by atoms with Gasteiger partial charge in [-0.15, -0.1) is 0 Å². The van der Waals surface area contributed by atoms with Crippen molar-refractivity contribution >= 4 is 0 Å². The van der Waals surface area contributed by atoms with E-state index in [-0.39, 0.29) is 0 Å². The summed E-state index contributed by atoms with van der Waals surface area (Å²) in [6.45, 7) is 7.96. The molecule has 4 unspecified atom stereocenters. The van der Waals surface area contributed by atoms with Crippen LogP contribution in [0.5, 0.6) is 0 Å². The van der Waals surface area contributed by atoms with Gasteiger partial charge >= 0.3 is 0 Å². The second kappa shape index (κ2) is 4.43. The standard InChI is InChI=1S/C11H24N2/c1-8-5-11(8)7-13(4)10(3)6-9(2)12/h8-11H,5-7,12H2,1-4H3. The summed E-state index contributed by atoms with van der Waals surface area (Å²) in [5.41, 5.74) is 5.78. The van der Waals surface area contributed by atoms with Crippen LogP contribution in [0.3, 0.4) is 0 Å². The first kappa shape index (κ1) is 11.0. The quantitative estimate of drug-likeness (QED) is 0.704. The van der Waals surface area contributed by atoms with E-state index in [1.54, 1.807) is 0 Å². The lowest BCUT2D eigenvalue weighted by molar-refractivity contribution is 0.226. The summed E-state index contributed by atoms with van der Waals surface area (Å²) in [5.74, 6) is 1.92. The van der Waals surface area contributed by atoms with E-state index < -0.39 is 0 Å². The first-order chi connectivity index (χ1) is 6.00. The van der Waals surface area contributed by atoms with E-state index in [1.807, 2.05) is 0 Å². The summed E-state index contributed by atoms with van der Waals surface area (Å²) in [6.07, 6.45) is 2.53. The van der Waals surface area contributed by atoms with Crippen LogP contribution >= 0.6 is 0 Å². The van der Waals surface area contributed by atoms with Crippen LogP contribution in [0.2, 0.25) is 0 Å². The molecule has 0 radical (unpaired) electrons. The molecule has 2 N–H and O–H groups in total. The van der Waals surface area contributed by atoms with Crippen molar-refractivity contribution in [1.82, 2.24) is 4.90 Å². The zero-order chi connectivity index (χ0) is 10.0. The highest BCUT2D eigenvalue weighted by atomic mass is 15.1. The van der Waals surface area contributed by atoms with Crippen molar-refractivity contribution in [2.24, 2.45) is 17.6 Å². The molecule has 0 aromatic carbocycles. The van der Waals surface area contributed by atoms with E-state index in [4.69, 9.17) is 5.73 Å². The maximum Gasteiger partial charge on any atom is 0.00786 e. The third-order valence-electron chi connectivity index (χ3n) is 3.26. The molecule has 1 aliphatic carbocycles. The minimum absolute atomic E-state index is 0.328. The molecule has 1 saturated carbocycles. The van der Waals surface area contributed by atoms with E-state index in [1.165, 1.54) is 13.0 Å². The van der Waals surface area contributed by atoms with Crippen molar-refractivity contribution < 1.29 is 0 Å². The maximum atomic E-state index is 5.78. The number of rotatable bonds is 5. The molecule has 0 saturated heterocycles. The zero-order valence-corrected chi connectivity index (χ0v) is 9.46. The Bertz CT molecular complexity index is 156. The van der Waals surface area contributed by atoms with Crippen molar-refractivity contribution in [3.8, 4) is 0 Å². The van der Waals surface area contributed by atoms with E-state index >= 15 is 0 Å². The normalized spacial score (nSPS) is 31.8. The molecule has 1 fully saturated rings. The van der Waals surface area contributed by atoms with Crippen LogP contribution in [0.25, 0.3) is 0 Å². The van der Waals surface area contributed by atoms with Gasteiger partial charge in [0.15, 0.2) is 0 Å². The van der Waals surface area contributed by atoms with Crippen molar-refractivity contribution in [3.63, 3.8) is 0 Å². The molecular weight excluding hydrogens is 160 g/mol. The largest absolute Gasteiger partial charge is 0.328 e. The SMILES string of the molecule is CC(N)CC(C)N(C)CC1CC1C. The van der Waals surface area contributed by atoms with Crippen LogP contribution in [-0.2, 0) is 0 Å². The summed E-state index contributed by atoms with van der Waals surface area (Å²) in [4.78, 5) is 2.46. The summed E-state index contributed by atoms with van der Waals surface area (Å²) in [6, 6.07) is 0.960. The molecule has 0 spiro atoms. The molecule has 0 aliphatic heterocycles. The van der Waals surface area contributed by atoms with Crippen molar-refractivity contribution in [1.29, 1.82) is 0 Å². The van der Waals surface area contributed by atoms with Crippen LogP contribution in [0, 0.1) is 11.8 Å². The summed E-state index contributed by atoms with van der Waals surface area (Å²) in [7, 11) is 2.22. The van der Waals surface area contributed by atoms with Crippen LogP contribution in [0.15, 0.2) is 0 Å². The van der Waals surface area contributed by atoms with Crippen molar-refractivity contribution in [2.75, 3.05) is 13.6 Å². The fraction of sp³-hybridized carbons (Fsp3) is 1.00. The third-order valence-corrected chi connectivity index (χ3v) is 3.26. The lowest BCUT2D eigenvalue weighted by Crippen LogP contribution is -2.35. The average Bonchev–Trinajstić information content (AvgIpc) is 2.64. The van der Waals surface area contributed by atoms with Gasteiger partial charge in [0.2, 0.25) is 0 Å². The fourth-order valence-electron chi connectivity index (χ4n) is 1.92. The Balaban J connectivity index is 2.17. The molecule has 0 aromatic rings. The van der Waals surface area contributed by atoms with E-state index in [0.29, 0.717) is 12.1 Å². The van der Waals surface area contributed by atoms with Gasteiger partial charge in [-0.2, -0.15) is 0 Å². The smallest absolute Gasteiger partial charge is 0.00786 e. The molecule has 2 heteroatoms. The van der Waals surface area contributed by atoms with Gasteiger partial charge < -0.3 is 10.6 Å². The Morgan fingerprint density at radius 2 is 2.00 bits per heavy atom. The van der Waals surface area contributed by atoms with Crippen LogP contribution in [0.1, 0.15) is 33.6 Å². The lowest BCUT2D eigenvalue weighted by Gasteiger charge is -2.26. The molecule has 2 nitrogen and oxygen atoms in total. The van der Waals surface area contributed by atoms with Gasteiger partial charge in [-0.3, -0.25) is 0 Å². The highest BCUT2D eigenvalue weighted by Crippen LogP contribution is 2.38. The van der Waals surface area contributed by atoms with E-state index in [9.17, 15) is 0 Å². The minimum atomic E-state index is 0.328. The summed E-state index contributed by atoms with van der Waals surface area (Å²) >= 11 is 0. The number of nitrogens with two attached hydrogens (primary N) is 1. The van der Waals surface area contributed by atoms with Gasteiger partial charge in [-0.25, -0.2) is 0 Å². The molecule has 4 atom stereocenters. The van der Waals surface area contributed by atoms with Gasteiger partial charge in [0.05, 0.1) is 0 Å². The first-order valence-corrected chi connectivity index (χ1v) is 5.46. The molecule has 78 valence electrons. The van der Waals surface area contributed by atoms with Gasteiger partial charge in [-0.05, 0) is 45.6 Å². The highest BCUT2D eigenvalue weighted by Gasteiger charge is 2.33. The lowest BCUT2D eigenvalue weighted by atomic mass is 10.1. The Hall–Kier alpha value is -0.0800. The van der Waals surface area contributed by atoms with Gasteiger partial charge in [0.25, 0.3) is 0 Å². The molecule has 13 heavy (non-hydrogen) atoms. The minimum Gasteiger partial charge on any atom is -0.328 e. The number of hydrogen-bond donors (Lipinski definition) is 1. The van der Waals surface area contributed by atoms with E-state index in [2.05, 4.69) is 32.7 Å². The van der Waals surface area contributed by atoms with Crippen LogP contribution in [0.4, 0.5) is 0 Å². The number of hydrogen-bond acceptors (Lipinski definition) is 2. The fourth-order valence-corrected chi connectivity index (χ4v) is 1.92. The monoisotopic (exact) mass is 184 g/mol. The Morgan fingerprint density at radius 3 is 2.38 bits per heavy atom. The third kappa shape index (κ3) is 3.65. The highest BCUT2D eigenvalue weighted by molar-refractivity contribution is 4.85. The predicted octanol–water partition coefficient (Wildman–Crippen LogP) is 1.70. The topological polar surface area (TPSA) is 29.3 Å². The van der Waals surface area contributed by atoms with Crippen LogP contribution in [-0.4, -0.2) is 30.6 Å². The second-order valence-electron chi connectivity index (χ2n) is 4.97. The maximum absolute atomic E-state index is 5.78. The van der Waals surface area contributed by atoms with Crippen molar-refractivity contribution in [2.45, 2.75) is 45.7 Å². The summed E-state index contributed by atoms with van der Waals surface area (Å²) < 4.78 is 0. The van der Waals surface area contributed by atoms with Crippen molar-refractivity contribution in [3.05, 3.63) is 0 Å². The zero-order valence-electron chi connectivity index (χ0n) is 9.46. The Morgan fingerprint density at radius 1 is 1.46 bits per heavy atom. The van der Waals surface area contributed by atoms with E-state index in [0.717, 1.165) is 18.3 Å². The molecule has 1 aliphatic rings. The first-order valence-electron chi connectivity index (χ1n) is 5.46. The molecule has 0 bridgehead atoms. The van der Waals surface area contributed by atoms with Gasteiger partial charge in [0, 0.05) is 18.6 Å². The van der Waals surface area contributed by atoms with Gasteiger partial charge in [-0.1, -0.05) is 6.92 Å². The van der Waals surface area contributed by atoms with Gasteiger partial charge in [0.1, 0.15) is 0 Å². The molecule has 1 rings (SSSR count). The number of nitrogens with zero attached hydrogens (tertiary/aromatic N) is 1. The van der Waals surface area contributed by atoms with Crippen LogP contribution < -0.4 is 5.73 Å². The molecular formula is C11H24N2. The predicted molar refractivity (Wildman–Crippen MR) is 57.6 cm³/mol.